The molecule has 0 aliphatic carbocycles. The van der Waals surface area contributed by atoms with E-state index in [2.05, 4.69) is 22.1 Å². The first kappa shape index (κ1) is 17.2. The molecule has 0 radical (unpaired) electrons. The van der Waals surface area contributed by atoms with Gasteiger partial charge in [-0.2, -0.15) is 0 Å². The number of methoxy groups -OCH3 is 1. The highest BCUT2D eigenvalue weighted by atomic mass is 16.5. The van der Waals surface area contributed by atoms with E-state index in [0.29, 0.717) is 24.3 Å². The van der Waals surface area contributed by atoms with Gasteiger partial charge in [-0.3, -0.25) is 4.79 Å². The molecule has 1 aromatic rings. The van der Waals surface area contributed by atoms with Gasteiger partial charge in [-0.05, 0) is 25.2 Å². The molecule has 0 saturated carbocycles. The van der Waals surface area contributed by atoms with Gasteiger partial charge in [-0.15, -0.1) is 0 Å². The van der Waals surface area contributed by atoms with Crippen LogP contribution in [0.1, 0.15) is 15.9 Å². The zero-order chi connectivity index (χ0) is 15.5. The van der Waals surface area contributed by atoms with E-state index < -0.39 is 0 Å². The predicted octanol–water partition coefficient (Wildman–Crippen LogP) is 0.338. The number of rotatable bonds is 7. The summed E-state index contributed by atoms with van der Waals surface area (Å²) >= 11 is 0. The molecule has 1 rings (SSSR count). The van der Waals surface area contributed by atoms with Crippen LogP contribution in [0, 0.1) is 11.8 Å². The minimum absolute atomic E-state index is 0.122. The summed E-state index contributed by atoms with van der Waals surface area (Å²) in [5.74, 6) is 5.23. The zero-order valence-corrected chi connectivity index (χ0v) is 12.6. The number of nitrogens with zero attached hydrogens (tertiary/aromatic N) is 1. The van der Waals surface area contributed by atoms with Crippen molar-refractivity contribution in [1.82, 2.24) is 10.2 Å². The van der Waals surface area contributed by atoms with Crippen molar-refractivity contribution in [3.05, 3.63) is 35.4 Å². The minimum Gasteiger partial charge on any atom is -0.384 e. The van der Waals surface area contributed by atoms with Gasteiger partial charge < -0.3 is 20.1 Å². The fourth-order valence-corrected chi connectivity index (χ4v) is 1.70. The van der Waals surface area contributed by atoms with Crippen molar-refractivity contribution in [3.63, 3.8) is 0 Å². The van der Waals surface area contributed by atoms with Gasteiger partial charge in [0.05, 0.1) is 6.61 Å². The molecule has 5 heteroatoms. The van der Waals surface area contributed by atoms with Gasteiger partial charge in [-0.25, -0.2) is 0 Å². The molecule has 5 nitrogen and oxygen atoms in total. The maximum atomic E-state index is 12.0. The van der Waals surface area contributed by atoms with E-state index in [-0.39, 0.29) is 12.5 Å². The Morgan fingerprint density at radius 1 is 1.43 bits per heavy atom. The molecule has 0 atom stereocenters. The average molecular weight is 290 g/mol. The van der Waals surface area contributed by atoms with Crippen LogP contribution in [-0.2, 0) is 4.74 Å². The van der Waals surface area contributed by atoms with E-state index in [0.717, 1.165) is 13.1 Å². The van der Waals surface area contributed by atoms with Crippen LogP contribution < -0.4 is 5.32 Å². The molecule has 1 amide bonds. The van der Waals surface area contributed by atoms with E-state index >= 15 is 0 Å². The number of amides is 1. The largest absolute Gasteiger partial charge is 0.384 e. The maximum Gasteiger partial charge on any atom is 0.251 e. The van der Waals surface area contributed by atoms with Crippen LogP contribution in [0.2, 0.25) is 0 Å². The molecule has 0 spiro atoms. The van der Waals surface area contributed by atoms with Gasteiger partial charge in [0.2, 0.25) is 0 Å². The van der Waals surface area contributed by atoms with Crippen molar-refractivity contribution >= 4 is 5.91 Å². The van der Waals surface area contributed by atoms with E-state index in [4.69, 9.17) is 9.84 Å². The smallest absolute Gasteiger partial charge is 0.251 e. The zero-order valence-electron chi connectivity index (χ0n) is 12.6. The fourth-order valence-electron chi connectivity index (χ4n) is 1.70. The first-order chi connectivity index (χ1) is 10.2. The molecule has 0 aliphatic rings. The highest BCUT2D eigenvalue weighted by Gasteiger charge is 2.05. The number of carbonyl (C=O) groups is 1. The SMILES string of the molecule is COCCN(C)CCNC(=O)c1cccc(C#CCO)c1. The van der Waals surface area contributed by atoms with Crippen LogP contribution in [0.5, 0.6) is 0 Å². The average Bonchev–Trinajstić information content (AvgIpc) is 2.51. The second-order valence-corrected chi connectivity index (χ2v) is 4.59. The van der Waals surface area contributed by atoms with Gasteiger partial charge in [0, 0.05) is 37.9 Å². The van der Waals surface area contributed by atoms with Gasteiger partial charge in [0.1, 0.15) is 6.61 Å². The van der Waals surface area contributed by atoms with Crippen LogP contribution in [-0.4, -0.2) is 62.9 Å². The van der Waals surface area contributed by atoms with Crippen LogP contribution >= 0.6 is 0 Å². The molecular weight excluding hydrogens is 268 g/mol. The maximum absolute atomic E-state index is 12.0. The molecule has 1 aromatic carbocycles. The highest BCUT2D eigenvalue weighted by Crippen LogP contribution is 2.04. The molecule has 0 aliphatic heterocycles. The molecule has 21 heavy (non-hydrogen) atoms. The standard InChI is InChI=1S/C16H22N2O3/c1-18(10-12-21-2)9-8-17-16(20)15-7-3-5-14(13-15)6-4-11-19/h3,5,7,13,19H,8-12H2,1-2H3,(H,17,20). The number of ether oxygens (including phenoxy) is 1. The summed E-state index contributed by atoms with van der Waals surface area (Å²) in [5.41, 5.74) is 1.29. The summed E-state index contributed by atoms with van der Waals surface area (Å²) in [5, 5.41) is 11.5. The molecule has 2 N–H and O–H groups in total. The second kappa shape index (κ2) is 9.94. The van der Waals surface area contributed by atoms with E-state index in [1.54, 1.807) is 31.4 Å². The second-order valence-electron chi connectivity index (χ2n) is 4.59. The Morgan fingerprint density at radius 2 is 2.24 bits per heavy atom. The number of hydrogen-bond donors (Lipinski definition) is 2. The number of aliphatic hydroxyl groups excluding tert-OH is 1. The monoisotopic (exact) mass is 290 g/mol. The summed E-state index contributed by atoms with van der Waals surface area (Å²) in [7, 11) is 3.65. The summed E-state index contributed by atoms with van der Waals surface area (Å²) in [6.07, 6.45) is 0. The summed E-state index contributed by atoms with van der Waals surface area (Å²) < 4.78 is 4.99. The number of nitrogens with one attached hydrogen (secondary N) is 1. The topological polar surface area (TPSA) is 61.8 Å². The first-order valence-corrected chi connectivity index (χ1v) is 6.83. The number of aliphatic hydroxyl groups is 1. The molecule has 0 heterocycles. The lowest BCUT2D eigenvalue weighted by Gasteiger charge is -2.16. The van der Waals surface area contributed by atoms with Crippen molar-refractivity contribution in [2.75, 3.05) is 47.0 Å². The molecular formula is C16H22N2O3. The Labute approximate surface area is 125 Å². The van der Waals surface area contributed by atoms with E-state index in [1.807, 2.05) is 7.05 Å². The van der Waals surface area contributed by atoms with Crippen LogP contribution in [0.15, 0.2) is 24.3 Å². The minimum atomic E-state index is -0.190. The van der Waals surface area contributed by atoms with Crippen molar-refractivity contribution in [3.8, 4) is 11.8 Å². The third-order valence-corrected chi connectivity index (χ3v) is 2.89. The van der Waals surface area contributed by atoms with E-state index in [1.165, 1.54) is 0 Å². The molecule has 0 fully saturated rings. The molecule has 114 valence electrons. The lowest BCUT2D eigenvalue weighted by Crippen LogP contribution is -2.34. The summed E-state index contributed by atoms with van der Waals surface area (Å²) in [6, 6.07) is 7.04. The Bertz CT molecular complexity index is 506. The van der Waals surface area contributed by atoms with Crippen LogP contribution in [0.3, 0.4) is 0 Å². The third kappa shape index (κ3) is 6.91. The Hall–Kier alpha value is -1.87. The Balaban J connectivity index is 2.45. The van der Waals surface area contributed by atoms with Gasteiger partial charge in [0.25, 0.3) is 5.91 Å². The Morgan fingerprint density at radius 3 is 2.95 bits per heavy atom. The van der Waals surface area contributed by atoms with Crippen molar-refractivity contribution in [2.45, 2.75) is 0 Å². The van der Waals surface area contributed by atoms with E-state index in [9.17, 15) is 4.79 Å². The predicted molar refractivity (Wildman–Crippen MR) is 82.1 cm³/mol. The molecule has 0 saturated heterocycles. The fraction of sp³-hybridized carbons (Fsp3) is 0.438. The van der Waals surface area contributed by atoms with Crippen LogP contribution in [0.4, 0.5) is 0 Å². The highest BCUT2D eigenvalue weighted by molar-refractivity contribution is 5.94. The van der Waals surface area contributed by atoms with Gasteiger partial charge in [-0.1, -0.05) is 17.9 Å². The Kier molecular flexibility index (Phi) is 8.14. The lowest BCUT2D eigenvalue weighted by molar-refractivity contribution is 0.0947. The first-order valence-electron chi connectivity index (χ1n) is 6.83. The molecule has 0 bridgehead atoms. The third-order valence-electron chi connectivity index (χ3n) is 2.89. The number of hydrogen-bond acceptors (Lipinski definition) is 4. The summed E-state index contributed by atoms with van der Waals surface area (Å²) in [6.45, 7) is 2.66. The number of benzene rings is 1. The number of carbonyl (C=O) groups excluding carboxylic acids is 1. The number of likely N-dealkylation sites (N-methyl/N-ethyl adjacent to an activating group) is 1. The van der Waals surface area contributed by atoms with Crippen LogP contribution in [0.25, 0.3) is 0 Å². The van der Waals surface area contributed by atoms with Crippen molar-refractivity contribution in [2.24, 2.45) is 0 Å². The van der Waals surface area contributed by atoms with Gasteiger partial charge >= 0.3 is 0 Å². The summed E-state index contributed by atoms with van der Waals surface area (Å²) in [4.78, 5) is 14.1. The van der Waals surface area contributed by atoms with Gasteiger partial charge in [0.15, 0.2) is 0 Å². The normalized spacial score (nSPS) is 10.1. The van der Waals surface area contributed by atoms with Crippen molar-refractivity contribution < 1.29 is 14.6 Å². The molecule has 0 unspecified atom stereocenters. The quantitative estimate of drug-likeness (QED) is 0.711. The lowest BCUT2D eigenvalue weighted by atomic mass is 10.1. The van der Waals surface area contributed by atoms with Crippen molar-refractivity contribution in [1.29, 1.82) is 0 Å². The molecule has 0 aromatic heterocycles.